The lowest BCUT2D eigenvalue weighted by molar-refractivity contribution is -0.118. The second kappa shape index (κ2) is 6.55. The van der Waals surface area contributed by atoms with Crippen LogP contribution in [0.3, 0.4) is 0 Å². The zero-order valence-electron chi connectivity index (χ0n) is 13.0. The Hall–Kier alpha value is -2.13. The number of fused-ring (bicyclic) bond motifs is 1. The summed E-state index contributed by atoms with van der Waals surface area (Å²) in [7, 11) is 0. The molecule has 4 heteroatoms. The first-order valence-corrected chi connectivity index (χ1v) is 8.13. The maximum atomic E-state index is 12.6. The van der Waals surface area contributed by atoms with Gasteiger partial charge in [0.2, 0.25) is 5.91 Å². The normalized spacial score (nSPS) is 16.3. The molecule has 2 aromatic rings. The molecule has 0 radical (unpaired) electrons. The molecule has 1 unspecified atom stereocenters. The lowest BCUT2D eigenvalue weighted by atomic mass is 10.1. The van der Waals surface area contributed by atoms with Crippen LogP contribution in [0.15, 0.2) is 48.5 Å². The van der Waals surface area contributed by atoms with Crippen LogP contribution in [-0.2, 0) is 11.2 Å². The minimum Gasteiger partial charge on any atom is -0.309 e. The highest BCUT2D eigenvalue weighted by atomic mass is 35.5. The van der Waals surface area contributed by atoms with Crippen molar-refractivity contribution in [2.45, 2.75) is 32.2 Å². The van der Waals surface area contributed by atoms with Gasteiger partial charge < -0.3 is 4.90 Å². The van der Waals surface area contributed by atoms with Crippen molar-refractivity contribution in [1.29, 1.82) is 0 Å². The molecule has 1 amide bonds. The van der Waals surface area contributed by atoms with Gasteiger partial charge in [0, 0.05) is 35.2 Å². The topological polar surface area (TPSA) is 37.4 Å². The molecule has 3 rings (SSSR count). The first kappa shape index (κ1) is 15.8. The summed E-state index contributed by atoms with van der Waals surface area (Å²) in [4.78, 5) is 26.6. The predicted molar refractivity (Wildman–Crippen MR) is 92.1 cm³/mol. The van der Waals surface area contributed by atoms with Gasteiger partial charge in [0.15, 0.2) is 5.78 Å². The zero-order chi connectivity index (χ0) is 16.4. The molecule has 1 heterocycles. The second-order valence-corrected chi connectivity index (χ2v) is 6.31. The number of anilines is 1. The summed E-state index contributed by atoms with van der Waals surface area (Å²) in [5.74, 6) is -0.0279. The third-order valence-electron chi connectivity index (χ3n) is 4.21. The van der Waals surface area contributed by atoms with Crippen molar-refractivity contribution in [3.63, 3.8) is 0 Å². The van der Waals surface area contributed by atoms with Crippen LogP contribution in [0.25, 0.3) is 0 Å². The molecule has 1 atom stereocenters. The molecule has 0 aliphatic carbocycles. The van der Waals surface area contributed by atoms with Crippen LogP contribution < -0.4 is 4.90 Å². The number of carbonyl (C=O) groups excluding carboxylic acids is 2. The average Bonchev–Trinajstić information content (AvgIpc) is 2.88. The Morgan fingerprint density at radius 3 is 2.52 bits per heavy atom. The van der Waals surface area contributed by atoms with Gasteiger partial charge in [-0.15, -0.1) is 0 Å². The molecule has 0 spiro atoms. The number of Topliss-reactive ketones (excluding diaryl/α,β-unsaturated/α-hetero) is 1. The lowest BCUT2D eigenvalue weighted by Gasteiger charge is -2.22. The first-order chi connectivity index (χ1) is 11.1. The van der Waals surface area contributed by atoms with Gasteiger partial charge in [-0.3, -0.25) is 9.59 Å². The molecule has 0 saturated carbocycles. The van der Waals surface area contributed by atoms with E-state index in [2.05, 4.69) is 6.07 Å². The van der Waals surface area contributed by atoms with Crippen molar-refractivity contribution >= 4 is 29.0 Å². The SMILES string of the molecule is CC1Cc2ccccc2N1C(=O)CCC(=O)c1ccc(Cl)cc1. The zero-order valence-corrected chi connectivity index (χ0v) is 13.7. The highest BCUT2D eigenvalue weighted by Crippen LogP contribution is 2.32. The molecule has 0 bridgehead atoms. The number of nitrogens with zero attached hydrogens (tertiary/aromatic N) is 1. The fraction of sp³-hybridized carbons (Fsp3) is 0.263. The molecule has 118 valence electrons. The van der Waals surface area contributed by atoms with Crippen LogP contribution >= 0.6 is 11.6 Å². The Bertz CT molecular complexity index is 739. The van der Waals surface area contributed by atoms with Crippen LogP contribution in [0.1, 0.15) is 35.7 Å². The number of rotatable bonds is 4. The smallest absolute Gasteiger partial charge is 0.227 e. The van der Waals surface area contributed by atoms with E-state index in [9.17, 15) is 9.59 Å². The fourth-order valence-electron chi connectivity index (χ4n) is 3.07. The van der Waals surface area contributed by atoms with Crippen molar-refractivity contribution in [2.75, 3.05) is 4.90 Å². The standard InChI is InChI=1S/C19H18ClNO2/c1-13-12-15-4-2-3-5-17(15)21(13)19(23)11-10-18(22)14-6-8-16(20)9-7-14/h2-9,13H,10-12H2,1H3. The Kier molecular flexibility index (Phi) is 4.49. The van der Waals surface area contributed by atoms with Crippen molar-refractivity contribution < 1.29 is 9.59 Å². The van der Waals surface area contributed by atoms with Gasteiger partial charge in [-0.05, 0) is 49.2 Å². The number of hydrogen-bond acceptors (Lipinski definition) is 2. The summed E-state index contributed by atoms with van der Waals surface area (Å²) in [6, 6.07) is 14.9. The van der Waals surface area contributed by atoms with Crippen LogP contribution in [0, 0.1) is 0 Å². The second-order valence-electron chi connectivity index (χ2n) is 5.88. The fourth-order valence-corrected chi connectivity index (χ4v) is 3.19. The van der Waals surface area contributed by atoms with E-state index in [1.165, 1.54) is 5.56 Å². The lowest BCUT2D eigenvalue weighted by Crippen LogP contribution is -2.35. The molecular weight excluding hydrogens is 310 g/mol. The minimum absolute atomic E-state index is 0.00441. The van der Waals surface area contributed by atoms with E-state index in [-0.39, 0.29) is 30.6 Å². The summed E-state index contributed by atoms with van der Waals surface area (Å²) in [5, 5.41) is 0.597. The summed E-state index contributed by atoms with van der Waals surface area (Å²) in [5.41, 5.74) is 2.76. The van der Waals surface area contributed by atoms with Crippen LogP contribution in [-0.4, -0.2) is 17.7 Å². The Labute approximate surface area is 140 Å². The van der Waals surface area contributed by atoms with Crippen LogP contribution in [0.5, 0.6) is 0 Å². The van der Waals surface area contributed by atoms with E-state index >= 15 is 0 Å². The van der Waals surface area contributed by atoms with Gasteiger partial charge in [0.1, 0.15) is 0 Å². The van der Waals surface area contributed by atoms with E-state index in [1.54, 1.807) is 24.3 Å². The maximum Gasteiger partial charge on any atom is 0.227 e. The van der Waals surface area contributed by atoms with Crippen LogP contribution in [0.2, 0.25) is 5.02 Å². The molecule has 1 aliphatic heterocycles. The minimum atomic E-state index is -0.0323. The first-order valence-electron chi connectivity index (χ1n) is 7.75. The third-order valence-corrected chi connectivity index (χ3v) is 4.46. The molecule has 0 saturated heterocycles. The average molecular weight is 328 g/mol. The summed E-state index contributed by atoms with van der Waals surface area (Å²) >= 11 is 5.82. The van der Waals surface area contributed by atoms with E-state index in [0.717, 1.165) is 12.1 Å². The monoisotopic (exact) mass is 327 g/mol. The number of carbonyl (C=O) groups is 2. The van der Waals surface area contributed by atoms with Gasteiger partial charge in [0.05, 0.1) is 0 Å². The molecule has 0 fully saturated rings. The maximum absolute atomic E-state index is 12.6. The number of hydrogen-bond donors (Lipinski definition) is 0. The Balaban J connectivity index is 1.66. The van der Waals surface area contributed by atoms with Gasteiger partial charge in [0.25, 0.3) is 0 Å². The van der Waals surface area contributed by atoms with E-state index in [1.807, 2.05) is 30.0 Å². The molecular formula is C19H18ClNO2. The Morgan fingerprint density at radius 1 is 1.09 bits per heavy atom. The van der Waals surface area contributed by atoms with Crippen LogP contribution in [0.4, 0.5) is 5.69 Å². The van der Waals surface area contributed by atoms with Gasteiger partial charge >= 0.3 is 0 Å². The van der Waals surface area contributed by atoms with Crippen molar-refractivity contribution in [3.05, 3.63) is 64.7 Å². The number of halogens is 1. The highest BCUT2D eigenvalue weighted by molar-refractivity contribution is 6.30. The molecule has 23 heavy (non-hydrogen) atoms. The quantitative estimate of drug-likeness (QED) is 0.786. The van der Waals surface area contributed by atoms with E-state index < -0.39 is 0 Å². The summed E-state index contributed by atoms with van der Waals surface area (Å²) in [6.45, 7) is 2.04. The van der Waals surface area contributed by atoms with E-state index in [4.69, 9.17) is 11.6 Å². The summed E-state index contributed by atoms with van der Waals surface area (Å²) in [6.07, 6.45) is 1.30. The van der Waals surface area contributed by atoms with Gasteiger partial charge in [-0.1, -0.05) is 29.8 Å². The predicted octanol–water partition coefficient (Wildman–Crippen LogP) is 4.28. The third kappa shape index (κ3) is 3.30. The van der Waals surface area contributed by atoms with Crippen molar-refractivity contribution in [3.8, 4) is 0 Å². The molecule has 2 aromatic carbocycles. The number of benzene rings is 2. The number of para-hydroxylation sites is 1. The largest absolute Gasteiger partial charge is 0.309 e. The highest BCUT2D eigenvalue weighted by Gasteiger charge is 2.30. The molecule has 0 N–H and O–H groups in total. The molecule has 1 aliphatic rings. The Morgan fingerprint density at radius 2 is 1.78 bits per heavy atom. The molecule has 0 aromatic heterocycles. The van der Waals surface area contributed by atoms with E-state index in [0.29, 0.717) is 10.6 Å². The van der Waals surface area contributed by atoms with Crippen molar-refractivity contribution in [1.82, 2.24) is 0 Å². The number of amides is 1. The van der Waals surface area contributed by atoms with Gasteiger partial charge in [-0.2, -0.15) is 0 Å². The van der Waals surface area contributed by atoms with Gasteiger partial charge in [-0.25, -0.2) is 0 Å². The molecule has 3 nitrogen and oxygen atoms in total. The summed E-state index contributed by atoms with van der Waals surface area (Å²) < 4.78 is 0. The number of ketones is 1. The van der Waals surface area contributed by atoms with Crippen molar-refractivity contribution in [2.24, 2.45) is 0 Å².